The van der Waals surface area contributed by atoms with Crippen molar-refractivity contribution in [1.29, 1.82) is 0 Å². The first-order valence-corrected chi connectivity index (χ1v) is 10.9. The molecule has 9 heteroatoms. The molecule has 1 aromatic rings. The maximum Gasteiger partial charge on any atom is 0.262 e. The summed E-state index contributed by atoms with van der Waals surface area (Å²) >= 11 is 0. The Bertz CT molecular complexity index is 936. The van der Waals surface area contributed by atoms with E-state index in [4.69, 9.17) is 4.74 Å². The Kier molecular flexibility index (Phi) is 5.33. The Hall–Kier alpha value is -2.62. The van der Waals surface area contributed by atoms with Crippen LogP contribution in [-0.2, 0) is 20.9 Å². The second-order valence-electron chi connectivity index (χ2n) is 8.68. The molecule has 0 saturated carbocycles. The van der Waals surface area contributed by atoms with Crippen molar-refractivity contribution < 1.29 is 23.9 Å². The molecular weight excluding hydrogens is 400 g/mol. The van der Waals surface area contributed by atoms with Crippen LogP contribution < -0.4 is 10.6 Å². The number of hydrogen-bond donors (Lipinski definition) is 2. The smallest absolute Gasteiger partial charge is 0.262 e. The van der Waals surface area contributed by atoms with E-state index in [-0.39, 0.29) is 24.9 Å². The van der Waals surface area contributed by atoms with Gasteiger partial charge in [-0.15, -0.1) is 0 Å². The Morgan fingerprint density at radius 2 is 1.74 bits per heavy atom. The van der Waals surface area contributed by atoms with Crippen LogP contribution in [0, 0.1) is 0 Å². The summed E-state index contributed by atoms with van der Waals surface area (Å²) in [5.74, 6) is -1.87. The fourth-order valence-electron chi connectivity index (χ4n) is 4.79. The number of amides is 4. The number of ether oxygens (including phenoxy) is 1. The van der Waals surface area contributed by atoms with E-state index in [2.05, 4.69) is 15.5 Å². The summed E-state index contributed by atoms with van der Waals surface area (Å²) in [6.07, 6.45) is 2.77. The average molecular weight is 426 g/mol. The minimum atomic E-state index is -0.938. The Morgan fingerprint density at radius 1 is 0.968 bits per heavy atom. The quantitative estimate of drug-likeness (QED) is 0.640. The Morgan fingerprint density at radius 3 is 2.42 bits per heavy atom. The molecule has 4 aliphatic heterocycles. The molecule has 4 amide bonds. The summed E-state index contributed by atoms with van der Waals surface area (Å²) < 4.78 is 6.07. The van der Waals surface area contributed by atoms with Crippen molar-refractivity contribution in [3.8, 4) is 0 Å². The first kappa shape index (κ1) is 20.3. The molecule has 0 radical (unpaired) electrons. The van der Waals surface area contributed by atoms with Gasteiger partial charge < -0.3 is 10.1 Å². The number of benzene rings is 1. The van der Waals surface area contributed by atoms with Crippen molar-refractivity contribution in [3.05, 3.63) is 34.9 Å². The van der Waals surface area contributed by atoms with Gasteiger partial charge in [0.1, 0.15) is 6.04 Å². The highest BCUT2D eigenvalue weighted by Gasteiger charge is 2.45. The number of nitrogens with one attached hydrogen (secondary N) is 2. The van der Waals surface area contributed by atoms with Gasteiger partial charge in [0.25, 0.3) is 11.8 Å². The lowest BCUT2D eigenvalue weighted by molar-refractivity contribution is -0.136. The second kappa shape index (κ2) is 8.14. The van der Waals surface area contributed by atoms with Gasteiger partial charge in [0.2, 0.25) is 11.8 Å². The van der Waals surface area contributed by atoms with Gasteiger partial charge in [-0.25, -0.2) is 0 Å². The number of nitrogens with zero attached hydrogens (tertiary/aromatic N) is 2. The van der Waals surface area contributed by atoms with Crippen LogP contribution >= 0.6 is 0 Å². The third-order valence-corrected chi connectivity index (χ3v) is 6.61. The fourth-order valence-corrected chi connectivity index (χ4v) is 4.79. The molecule has 2 N–H and O–H groups in total. The van der Waals surface area contributed by atoms with Crippen LogP contribution in [0.15, 0.2) is 18.2 Å². The monoisotopic (exact) mass is 426 g/mol. The molecule has 1 atom stereocenters. The molecule has 0 bridgehead atoms. The first-order chi connectivity index (χ1) is 15.0. The van der Waals surface area contributed by atoms with Crippen LogP contribution in [0.25, 0.3) is 0 Å². The van der Waals surface area contributed by atoms with Gasteiger partial charge >= 0.3 is 0 Å². The van der Waals surface area contributed by atoms with Crippen molar-refractivity contribution in [3.63, 3.8) is 0 Å². The number of hydrogen-bond acceptors (Lipinski definition) is 7. The van der Waals surface area contributed by atoms with Crippen LogP contribution in [0.1, 0.15) is 52.0 Å². The highest BCUT2D eigenvalue weighted by atomic mass is 16.5. The van der Waals surface area contributed by atoms with E-state index in [0.717, 1.165) is 49.5 Å². The zero-order chi connectivity index (χ0) is 21.5. The average Bonchev–Trinajstić information content (AvgIpc) is 2.98. The van der Waals surface area contributed by atoms with Gasteiger partial charge in [0.05, 0.1) is 23.3 Å². The predicted octanol–water partition coefficient (Wildman–Crippen LogP) is 0.0406. The second-order valence-corrected chi connectivity index (χ2v) is 8.68. The van der Waals surface area contributed by atoms with Gasteiger partial charge in [0.15, 0.2) is 0 Å². The molecule has 0 spiro atoms. The van der Waals surface area contributed by atoms with E-state index >= 15 is 0 Å². The molecule has 3 fully saturated rings. The third-order valence-electron chi connectivity index (χ3n) is 6.61. The lowest BCUT2D eigenvalue weighted by Crippen LogP contribution is -2.54. The molecule has 0 aromatic heterocycles. The summed E-state index contributed by atoms with van der Waals surface area (Å²) in [5, 5.41) is 5.45. The molecule has 164 valence electrons. The zero-order valence-electron chi connectivity index (χ0n) is 17.3. The van der Waals surface area contributed by atoms with Gasteiger partial charge in [-0.2, -0.15) is 0 Å². The maximum absolute atomic E-state index is 13.2. The van der Waals surface area contributed by atoms with Gasteiger partial charge in [-0.3, -0.25) is 34.3 Å². The molecular formula is C22H26N4O5. The fraction of sp³-hybridized carbons (Fsp3) is 0.545. The molecule has 1 aromatic carbocycles. The summed E-state index contributed by atoms with van der Waals surface area (Å²) in [6, 6.07) is 4.36. The SMILES string of the molecule is O=C1CCC(N2C(=O)c3cccc(CN4CCC(OC5CNC5)CC4)c3C2=O)C(=O)N1. The maximum atomic E-state index is 13.2. The molecule has 1 unspecified atom stereocenters. The number of carbonyl (C=O) groups excluding carboxylic acids is 4. The number of fused-ring (bicyclic) bond motifs is 1. The Labute approximate surface area is 180 Å². The van der Waals surface area contributed by atoms with Gasteiger partial charge in [0, 0.05) is 39.1 Å². The standard InChI is InChI=1S/C22H26N4O5/c27-18-5-4-17(20(28)24-18)26-21(29)16-3-1-2-13(19(16)22(26)30)12-25-8-6-14(7-9-25)31-15-10-23-11-15/h1-3,14-15,17,23H,4-12H2,(H,24,27,28). The lowest BCUT2D eigenvalue weighted by Gasteiger charge is -2.36. The predicted molar refractivity (Wildman–Crippen MR) is 109 cm³/mol. The van der Waals surface area contributed by atoms with E-state index in [1.54, 1.807) is 12.1 Å². The third kappa shape index (κ3) is 3.77. The molecule has 9 nitrogen and oxygen atoms in total. The minimum Gasteiger partial charge on any atom is -0.372 e. The summed E-state index contributed by atoms with van der Waals surface area (Å²) in [4.78, 5) is 53.2. The number of imide groups is 2. The highest BCUT2D eigenvalue weighted by molar-refractivity contribution is 6.24. The number of carbonyl (C=O) groups is 4. The summed E-state index contributed by atoms with van der Waals surface area (Å²) in [7, 11) is 0. The van der Waals surface area contributed by atoms with Crippen LogP contribution in [0.2, 0.25) is 0 Å². The largest absolute Gasteiger partial charge is 0.372 e. The van der Waals surface area contributed by atoms with Crippen LogP contribution in [-0.4, -0.2) is 77.9 Å². The number of rotatable bonds is 5. The van der Waals surface area contributed by atoms with Crippen molar-refractivity contribution >= 4 is 23.6 Å². The first-order valence-electron chi connectivity index (χ1n) is 10.9. The van der Waals surface area contributed by atoms with Crippen LogP contribution in [0.4, 0.5) is 0 Å². The van der Waals surface area contributed by atoms with Crippen LogP contribution in [0.3, 0.4) is 0 Å². The van der Waals surface area contributed by atoms with Crippen molar-refractivity contribution in [2.24, 2.45) is 0 Å². The minimum absolute atomic E-state index is 0.116. The molecule has 31 heavy (non-hydrogen) atoms. The van der Waals surface area contributed by atoms with Crippen LogP contribution in [0.5, 0.6) is 0 Å². The number of likely N-dealkylation sites (tertiary alicyclic amines) is 1. The molecule has 3 saturated heterocycles. The summed E-state index contributed by atoms with van der Waals surface area (Å²) in [5.41, 5.74) is 1.52. The van der Waals surface area contributed by atoms with Crippen molar-refractivity contribution in [2.75, 3.05) is 26.2 Å². The summed E-state index contributed by atoms with van der Waals surface area (Å²) in [6.45, 7) is 4.16. The molecule has 5 rings (SSSR count). The Balaban J connectivity index is 1.28. The van der Waals surface area contributed by atoms with Crippen molar-refractivity contribution in [2.45, 2.75) is 50.5 Å². The van der Waals surface area contributed by atoms with E-state index in [1.807, 2.05) is 6.07 Å². The van der Waals surface area contributed by atoms with E-state index in [9.17, 15) is 19.2 Å². The zero-order valence-corrected chi connectivity index (χ0v) is 17.3. The van der Waals surface area contributed by atoms with Gasteiger partial charge in [-0.1, -0.05) is 12.1 Å². The topological polar surface area (TPSA) is 108 Å². The van der Waals surface area contributed by atoms with Gasteiger partial charge in [-0.05, 0) is 30.9 Å². The normalized spacial score (nSPS) is 25.5. The molecule has 4 heterocycles. The highest BCUT2D eigenvalue weighted by Crippen LogP contribution is 2.31. The molecule has 0 aliphatic carbocycles. The lowest BCUT2D eigenvalue weighted by atomic mass is 10.0. The van der Waals surface area contributed by atoms with Crippen molar-refractivity contribution in [1.82, 2.24) is 20.4 Å². The number of piperidine rings is 2. The molecule has 4 aliphatic rings. The van der Waals surface area contributed by atoms with E-state index < -0.39 is 23.8 Å². The van der Waals surface area contributed by atoms with E-state index in [0.29, 0.717) is 23.8 Å². The van der Waals surface area contributed by atoms with E-state index in [1.165, 1.54) is 0 Å².